The van der Waals surface area contributed by atoms with E-state index in [0.29, 0.717) is 44.1 Å². The lowest BCUT2D eigenvalue weighted by atomic mass is 10.2. The van der Waals surface area contributed by atoms with Crippen LogP contribution in [0, 0.1) is 0 Å². The van der Waals surface area contributed by atoms with E-state index in [2.05, 4.69) is 20.8 Å². The van der Waals surface area contributed by atoms with Crippen LogP contribution in [0.2, 0.25) is 20.1 Å². The largest absolute Gasteiger partial charge is 0.330 e. The van der Waals surface area contributed by atoms with Crippen molar-refractivity contribution in [3.05, 3.63) is 92.3 Å². The highest BCUT2D eigenvalue weighted by Crippen LogP contribution is 2.27. The molecule has 2 aromatic heterocycles. The highest BCUT2D eigenvalue weighted by atomic mass is 35.5. The molecule has 2 N–H and O–H groups in total. The number of aromatic nitrogens is 4. The van der Waals surface area contributed by atoms with Crippen molar-refractivity contribution in [3.8, 4) is 0 Å². The number of halogens is 4. The Morgan fingerprint density at radius 3 is 2.38 bits per heavy atom. The van der Waals surface area contributed by atoms with E-state index in [1.807, 2.05) is 30.5 Å². The fraction of sp³-hybridized carbons (Fsp3) is 0.0952. The number of hydrogen-bond acceptors (Lipinski definition) is 3. The smallest absolute Gasteiger partial charge is 0.176 e. The molecule has 0 fully saturated rings. The van der Waals surface area contributed by atoms with E-state index in [1.54, 1.807) is 40.0 Å². The van der Waals surface area contributed by atoms with E-state index < -0.39 is 0 Å². The van der Waals surface area contributed by atoms with Crippen molar-refractivity contribution in [1.29, 1.82) is 0 Å². The molecular formula is C21H16Cl4N6S. The van der Waals surface area contributed by atoms with Gasteiger partial charge in [-0.3, -0.25) is 9.36 Å². The fourth-order valence-electron chi connectivity index (χ4n) is 3.02. The molecule has 164 valence electrons. The second-order valence-electron chi connectivity index (χ2n) is 6.86. The summed E-state index contributed by atoms with van der Waals surface area (Å²) in [5.41, 5.74) is 2.53. The minimum Gasteiger partial charge on any atom is -0.330 e. The molecule has 0 saturated carbocycles. The zero-order valence-electron chi connectivity index (χ0n) is 16.4. The van der Waals surface area contributed by atoms with Crippen LogP contribution in [0.1, 0.15) is 11.1 Å². The first kappa shape index (κ1) is 22.9. The Bertz CT molecular complexity index is 1250. The van der Waals surface area contributed by atoms with Crippen molar-refractivity contribution in [1.82, 2.24) is 19.6 Å². The first-order valence-corrected chi connectivity index (χ1v) is 11.3. The van der Waals surface area contributed by atoms with Gasteiger partial charge in [-0.15, -0.1) is 0 Å². The van der Waals surface area contributed by atoms with Crippen LogP contribution in [0.25, 0.3) is 0 Å². The van der Waals surface area contributed by atoms with Crippen LogP contribution in [-0.4, -0.2) is 24.7 Å². The van der Waals surface area contributed by atoms with Gasteiger partial charge < -0.3 is 10.6 Å². The fourth-order valence-corrected chi connectivity index (χ4v) is 4.16. The van der Waals surface area contributed by atoms with Gasteiger partial charge in [0.1, 0.15) is 5.02 Å². The number of anilines is 2. The van der Waals surface area contributed by atoms with Crippen LogP contribution in [-0.2, 0) is 13.1 Å². The molecule has 0 amide bonds. The van der Waals surface area contributed by atoms with Gasteiger partial charge in [-0.1, -0.05) is 64.6 Å². The molecule has 11 heteroatoms. The molecular weight excluding hydrogens is 510 g/mol. The van der Waals surface area contributed by atoms with Gasteiger partial charge in [0.2, 0.25) is 0 Å². The molecule has 0 aliphatic rings. The molecule has 2 heterocycles. The standard InChI is InChI=1S/C21H16Cl4N6S/c22-14-4-1-3-13(7-14)9-30-10-15(8-26-30)27-21(32)28-20-19(25)12-31(29-20)11-16-17(23)5-2-6-18(16)24/h1-8,10,12H,9,11H2,(H2,27,28,29,32). The maximum Gasteiger partial charge on any atom is 0.176 e. The maximum atomic E-state index is 6.32. The van der Waals surface area contributed by atoms with Gasteiger partial charge in [0.05, 0.1) is 25.0 Å². The van der Waals surface area contributed by atoms with Gasteiger partial charge >= 0.3 is 0 Å². The average Bonchev–Trinajstić information content (AvgIpc) is 3.31. The van der Waals surface area contributed by atoms with Gasteiger partial charge in [0.15, 0.2) is 10.9 Å². The quantitative estimate of drug-likeness (QED) is 0.278. The summed E-state index contributed by atoms with van der Waals surface area (Å²) in [6, 6.07) is 13.0. The zero-order valence-corrected chi connectivity index (χ0v) is 20.2. The highest BCUT2D eigenvalue weighted by molar-refractivity contribution is 7.80. The lowest BCUT2D eigenvalue weighted by Crippen LogP contribution is -2.19. The first-order valence-electron chi connectivity index (χ1n) is 9.38. The summed E-state index contributed by atoms with van der Waals surface area (Å²) < 4.78 is 3.43. The van der Waals surface area contributed by atoms with Crippen molar-refractivity contribution >= 4 is 75.2 Å². The Morgan fingerprint density at radius 2 is 1.62 bits per heavy atom. The Balaban J connectivity index is 1.38. The number of hydrogen-bond donors (Lipinski definition) is 2. The predicted molar refractivity (Wildman–Crippen MR) is 135 cm³/mol. The van der Waals surface area contributed by atoms with E-state index in [4.69, 9.17) is 58.6 Å². The van der Waals surface area contributed by atoms with Crippen LogP contribution in [0.3, 0.4) is 0 Å². The van der Waals surface area contributed by atoms with E-state index in [1.165, 1.54) is 0 Å². The molecule has 0 aliphatic carbocycles. The van der Waals surface area contributed by atoms with Gasteiger partial charge in [-0.25, -0.2) is 0 Å². The highest BCUT2D eigenvalue weighted by Gasteiger charge is 2.12. The summed E-state index contributed by atoms with van der Waals surface area (Å²) >= 11 is 30.2. The number of benzene rings is 2. The van der Waals surface area contributed by atoms with Crippen molar-refractivity contribution in [2.45, 2.75) is 13.1 Å². The molecule has 0 spiro atoms. The second-order valence-corrected chi connectivity index (χ2v) is 8.93. The monoisotopic (exact) mass is 524 g/mol. The third-order valence-electron chi connectivity index (χ3n) is 4.46. The van der Waals surface area contributed by atoms with E-state index >= 15 is 0 Å². The number of nitrogens with one attached hydrogen (secondary N) is 2. The number of nitrogens with zero attached hydrogens (tertiary/aromatic N) is 4. The summed E-state index contributed by atoms with van der Waals surface area (Å²) in [7, 11) is 0. The van der Waals surface area contributed by atoms with Gasteiger partial charge in [-0.2, -0.15) is 10.2 Å². The Labute approximate surface area is 210 Å². The Kier molecular flexibility index (Phi) is 7.23. The summed E-state index contributed by atoms with van der Waals surface area (Å²) in [5.74, 6) is 0.415. The van der Waals surface area contributed by atoms with Gasteiger partial charge in [-0.05, 0) is 42.0 Å². The lowest BCUT2D eigenvalue weighted by molar-refractivity contribution is 0.687. The molecule has 0 saturated heterocycles. The Hall–Kier alpha value is -2.29. The topological polar surface area (TPSA) is 59.7 Å². The van der Waals surface area contributed by atoms with Crippen LogP contribution in [0.4, 0.5) is 11.5 Å². The molecule has 0 unspecified atom stereocenters. The SMILES string of the molecule is S=C(Nc1cnn(Cc2cccc(Cl)c2)c1)Nc1nn(Cc2c(Cl)cccc2Cl)cc1Cl. The van der Waals surface area contributed by atoms with Crippen LogP contribution in [0.15, 0.2) is 61.1 Å². The third kappa shape index (κ3) is 5.74. The van der Waals surface area contributed by atoms with E-state index in [9.17, 15) is 0 Å². The van der Waals surface area contributed by atoms with E-state index in [0.717, 1.165) is 16.8 Å². The van der Waals surface area contributed by atoms with Gasteiger partial charge in [0.25, 0.3) is 0 Å². The van der Waals surface area contributed by atoms with Crippen LogP contribution < -0.4 is 10.6 Å². The third-order valence-corrected chi connectivity index (χ3v) is 5.88. The molecule has 32 heavy (non-hydrogen) atoms. The summed E-state index contributed by atoms with van der Waals surface area (Å²) in [6.45, 7) is 0.958. The first-order chi connectivity index (χ1) is 15.4. The van der Waals surface area contributed by atoms with Crippen molar-refractivity contribution in [2.24, 2.45) is 0 Å². The Morgan fingerprint density at radius 1 is 0.875 bits per heavy atom. The average molecular weight is 526 g/mol. The van der Waals surface area contributed by atoms with Crippen molar-refractivity contribution in [3.63, 3.8) is 0 Å². The molecule has 4 rings (SSSR count). The van der Waals surface area contributed by atoms with Gasteiger partial charge in [0, 0.05) is 33.0 Å². The lowest BCUT2D eigenvalue weighted by Gasteiger charge is -2.08. The summed E-state index contributed by atoms with van der Waals surface area (Å²) in [4.78, 5) is 0. The molecule has 4 aromatic rings. The summed E-state index contributed by atoms with van der Waals surface area (Å²) in [5, 5.41) is 17.4. The molecule has 0 bridgehead atoms. The molecule has 0 radical (unpaired) electrons. The zero-order chi connectivity index (χ0) is 22.7. The van der Waals surface area contributed by atoms with Crippen molar-refractivity contribution in [2.75, 3.05) is 10.6 Å². The molecule has 2 aromatic carbocycles. The minimum absolute atomic E-state index is 0.329. The number of rotatable bonds is 6. The maximum absolute atomic E-state index is 6.32. The van der Waals surface area contributed by atoms with Crippen molar-refractivity contribution < 1.29 is 0 Å². The van der Waals surface area contributed by atoms with E-state index in [-0.39, 0.29) is 0 Å². The second kappa shape index (κ2) is 10.1. The normalized spacial score (nSPS) is 10.9. The van der Waals surface area contributed by atoms with Crippen LogP contribution in [0.5, 0.6) is 0 Å². The summed E-state index contributed by atoms with van der Waals surface area (Å²) in [6.07, 6.45) is 5.20. The van der Waals surface area contributed by atoms with Crippen LogP contribution >= 0.6 is 58.6 Å². The molecule has 0 atom stereocenters. The minimum atomic E-state index is 0.329. The number of thiocarbonyl (C=S) groups is 1. The molecule has 0 aliphatic heterocycles. The molecule has 6 nitrogen and oxygen atoms in total. The predicted octanol–water partition coefficient (Wildman–Crippen LogP) is 6.60.